The van der Waals surface area contributed by atoms with Gasteiger partial charge in [-0.15, -0.1) is 0 Å². The second-order valence-electron chi connectivity index (χ2n) is 5.88. The fraction of sp³-hybridized carbons (Fsp3) is 0.421. The molecule has 124 valence electrons. The van der Waals surface area contributed by atoms with Gasteiger partial charge in [0.2, 0.25) is 0 Å². The molecule has 1 heterocycles. The third kappa shape index (κ3) is 3.64. The van der Waals surface area contributed by atoms with Crippen LogP contribution in [0.1, 0.15) is 35.3 Å². The van der Waals surface area contributed by atoms with Crippen LogP contribution >= 0.6 is 0 Å². The van der Waals surface area contributed by atoms with Gasteiger partial charge >= 0.3 is 0 Å². The van der Waals surface area contributed by atoms with E-state index >= 15 is 0 Å². The van der Waals surface area contributed by atoms with Gasteiger partial charge in [0.1, 0.15) is 11.5 Å². The van der Waals surface area contributed by atoms with Crippen LogP contribution in [0, 0.1) is 13.8 Å². The van der Waals surface area contributed by atoms with Crippen molar-refractivity contribution >= 4 is 0 Å². The molecule has 2 aromatic rings. The van der Waals surface area contributed by atoms with Crippen molar-refractivity contribution in [3.05, 3.63) is 52.8 Å². The first kappa shape index (κ1) is 17.3. The number of methoxy groups -OCH3 is 2. The highest BCUT2D eigenvalue weighted by Crippen LogP contribution is 2.30. The topological polar surface area (TPSA) is 34.6 Å². The zero-order valence-electron chi connectivity index (χ0n) is 14.9. The molecule has 0 radical (unpaired) electrons. The Morgan fingerprint density at radius 1 is 1.13 bits per heavy atom. The highest BCUT2D eigenvalue weighted by atomic mass is 16.5. The highest BCUT2D eigenvalue weighted by Gasteiger charge is 2.18. The van der Waals surface area contributed by atoms with E-state index < -0.39 is 0 Å². The number of nitrogens with zero attached hydrogens (tertiary/aromatic N) is 2. The quantitative estimate of drug-likeness (QED) is 0.810. The Hall–Kier alpha value is -2.07. The maximum absolute atomic E-state index is 5.50. The van der Waals surface area contributed by atoms with E-state index in [0.29, 0.717) is 0 Å². The molecule has 1 aromatic heterocycles. The van der Waals surface area contributed by atoms with Crippen LogP contribution in [0.3, 0.4) is 0 Å². The molecule has 4 nitrogen and oxygen atoms in total. The predicted molar refractivity (Wildman–Crippen MR) is 93.1 cm³/mol. The molecule has 0 spiro atoms. The van der Waals surface area contributed by atoms with Gasteiger partial charge in [0.25, 0.3) is 0 Å². The molecule has 0 N–H and O–H groups in total. The van der Waals surface area contributed by atoms with Gasteiger partial charge in [-0.25, -0.2) is 0 Å². The number of hydrogen-bond acceptors (Lipinski definition) is 4. The molecule has 0 bridgehead atoms. The molecule has 1 atom stereocenters. The van der Waals surface area contributed by atoms with Gasteiger partial charge in [-0.2, -0.15) is 0 Å². The molecule has 1 aromatic carbocycles. The molecule has 23 heavy (non-hydrogen) atoms. The number of rotatable bonds is 6. The Morgan fingerprint density at radius 2 is 1.83 bits per heavy atom. The average Bonchev–Trinajstić information content (AvgIpc) is 2.57. The van der Waals surface area contributed by atoms with Gasteiger partial charge in [0.15, 0.2) is 0 Å². The third-order valence-electron chi connectivity index (χ3n) is 4.40. The monoisotopic (exact) mass is 314 g/mol. The minimum absolute atomic E-state index is 0.222. The molecular formula is C19H26N2O2. The molecule has 0 saturated carbocycles. The van der Waals surface area contributed by atoms with Crippen LogP contribution in [0.25, 0.3) is 0 Å². The largest absolute Gasteiger partial charge is 0.496 e. The summed E-state index contributed by atoms with van der Waals surface area (Å²) in [5.41, 5.74) is 4.38. The molecule has 0 aliphatic heterocycles. The molecule has 4 heteroatoms. The summed E-state index contributed by atoms with van der Waals surface area (Å²) in [5, 5.41) is 0. The lowest BCUT2D eigenvalue weighted by Crippen LogP contribution is -2.23. The number of ether oxygens (including phenoxy) is 2. The van der Waals surface area contributed by atoms with Crippen molar-refractivity contribution < 1.29 is 9.47 Å². The van der Waals surface area contributed by atoms with E-state index in [-0.39, 0.29) is 6.04 Å². The number of benzene rings is 1. The Kier molecular flexibility index (Phi) is 5.61. The summed E-state index contributed by atoms with van der Waals surface area (Å²) >= 11 is 0. The van der Waals surface area contributed by atoms with Crippen molar-refractivity contribution in [1.82, 2.24) is 9.88 Å². The van der Waals surface area contributed by atoms with E-state index in [1.807, 2.05) is 31.3 Å². The summed E-state index contributed by atoms with van der Waals surface area (Å²) in [6, 6.07) is 8.36. The van der Waals surface area contributed by atoms with E-state index in [1.165, 1.54) is 5.56 Å². The van der Waals surface area contributed by atoms with Gasteiger partial charge in [-0.3, -0.25) is 9.88 Å². The van der Waals surface area contributed by atoms with Crippen molar-refractivity contribution in [2.45, 2.75) is 33.4 Å². The Morgan fingerprint density at radius 3 is 2.48 bits per heavy atom. The molecule has 0 aliphatic carbocycles. The Bertz CT molecular complexity index is 670. The fourth-order valence-electron chi connectivity index (χ4n) is 2.85. The fourth-order valence-corrected chi connectivity index (χ4v) is 2.85. The molecule has 0 unspecified atom stereocenters. The maximum Gasteiger partial charge on any atom is 0.128 e. The summed E-state index contributed by atoms with van der Waals surface area (Å²) in [6.07, 6.45) is 1.88. The zero-order valence-corrected chi connectivity index (χ0v) is 14.9. The van der Waals surface area contributed by atoms with E-state index in [9.17, 15) is 0 Å². The molecule has 0 amide bonds. The minimum atomic E-state index is 0.222. The number of para-hydroxylation sites is 1. The lowest BCUT2D eigenvalue weighted by atomic mass is 10.0. The summed E-state index contributed by atoms with van der Waals surface area (Å²) < 4.78 is 11.0. The third-order valence-corrected chi connectivity index (χ3v) is 4.40. The van der Waals surface area contributed by atoms with Gasteiger partial charge in [-0.05, 0) is 33.9 Å². The number of aryl methyl sites for hydroxylation is 1. The average molecular weight is 314 g/mol. The normalized spacial score (nSPS) is 12.3. The summed E-state index contributed by atoms with van der Waals surface area (Å²) in [7, 11) is 5.52. The molecule has 2 rings (SSSR count). The lowest BCUT2D eigenvalue weighted by Gasteiger charge is -2.27. The number of aromatic nitrogens is 1. The van der Waals surface area contributed by atoms with Gasteiger partial charge in [0.05, 0.1) is 19.9 Å². The summed E-state index contributed by atoms with van der Waals surface area (Å²) in [6.45, 7) is 7.01. The first-order chi connectivity index (χ1) is 11.0. The second kappa shape index (κ2) is 7.47. The van der Waals surface area contributed by atoms with E-state index in [0.717, 1.165) is 34.9 Å². The molecule has 0 aliphatic rings. The van der Waals surface area contributed by atoms with Crippen LogP contribution in [0.2, 0.25) is 0 Å². The van der Waals surface area contributed by atoms with Crippen LogP contribution in [-0.2, 0) is 6.54 Å². The number of hydrogen-bond donors (Lipinski definition) is 0. The molecule has 0 fully saturated rings. The van der Waals surface area contributed by atoms with E-state index in [2.05, 4.69) is 36.8 Å². The number of pyridine rings is 1. The first-order valence-electron chi connectivity index (χ1n) is 7.81. The maximum atomic E-state index is 5.50. The molecule has 0 saturated heterocycles. The lowest BCUT2D eigenvalue weighted by molar-refractivity contribution is 0.243. The van der Waals surface area contributed by atoms with Gasteiger partial charge < -0.3 is 9.47 Å². The van der Waals surface area contributed by atoms with Crippen LogP contribution in [-0.4, -0.2) is 31.2 Å². The summed E-state index contributed by atoms with van der Waals surface area (Å²) in [4.78, 5) is 6.86. The van der Waals surface area contributed by atoms with Crippen LogP contribution in [0.15, 0.2) is 30.5 Å². The van der Waals surface area contributed by atoms with Gasteiger partial charge in [-0.1, -0.05) is 18.2 Å². The van der Waals surface area contributed by atoms with Crippen molar-refractivity contribution in [3.8, 4) is 11.5 Å². The van der Waals surface area contributed by atoms with E-state index in [4.69, 9.17) is 9.47 Å². The first-order valence-corrected chi connectivity index (χ1v) is 7.81. The Balaban J connectivity index is 2.23. The second-order valence-corrected chi connectivity index (χ2v) is 5.88. The predicted octanol–water partition coefficient (Wildman–Crippen LogP) is 3.91. The van der Waals surface area contributed by atoms with E-state index in [1.54, 1.807) is 14.2 Å². The van der Waals surface area contributed by atoms with Gasteiger partial charge in [0, 0.05) is 35.5 Å². The SMILES string of the molecule is COc1ccccc1[C@@H](C)N(C)Cc1ncc(C)c(OC)c1C. The van der Waals surface area contributed by atoms with Crippen molar-refractivity contribution in [2.24, 2.45) is 0 Å². The highest BCUT2D eigenvalue weighted by molar-refractivity contribution is 5.41. The van der Waals surface area contributed by atoms with Crippen molar-refractivity contribution in [1.29, 1.82) is 0 Å². The molecular weight excluding hydrogens is 288 g/mol. The Labute approximate surface area is 139 Å². The standard InChI is InChI=1S/C19H26N2O2/c1-13-11-20-17(14(2)19(13)23-6)12-21(4)15(3)16-9-7-8-10-18(16)22-5/h7-11,15H,12H2,1-6H3/t15-/m1/s1. The minimum Gasteiger partial charge on any atom is -0.496 e. The summed E-state index contributed by atoms with van der Waals surface area (Å²) in [5.74, 6) is 1.84. The van der Waals surface area contributed by atoms with Crippen molar-refractivity contribution in [2.75, 3.05) is 21.3 Å². The van der Waals surface area contributed by atoms with Crippen molar-refractivity contribution in [3.63, 3.8) is 0 Å². The van der Waals surface area contributed by atoms with Crippen LogP contribution < -0.4 is 9.47 Å². The van der Waals surface area contributed by atoms with Crippen LogP contribution in [0.5, 0.6) is 11.5 Å². The zero-order chi connectivity index (χ0) is 17.0. The smallest absolute Gasteiger partial charge is 0.128 e. The van der Waals surface area contributed by atoms with Crippen LogP contribution in [0.4, 0.5) is 0 Å².